The summed E-state index contributed by atoms with van der Waals surface area (Å²) in [6.45, 7) is 0. The Hall–Kier alpha value is -12.5. The minimum Gasteiger partial charge on any atom is -0.455 e. The standard InChI is InChI=1S/C81H54N6O6/c1-85(58-34-37-70(82-46-58)52-19-10-16-49(40-52)61-25-13-28-67-64-22-4-7-31-73(64)91-76(61)67)79(88)55-43-56(80(89)86(2)59-35-38-71(83-47-59)53-20-11-17-50(41-53)62-26-14-29-68-65-23-5-8-32-74(65)92-77(62)68)45-57(44-55)81(90)87(3)60-36-39-72(84-48-60)54-21-12-18-51(42-54)63-27-15-30-69-66-24-6-9-33-75(66)93-78(63)69/h4-48H,1-3H3. The van der Waals surface area contributed by atoms with E-state index in [-0.39, 0.29) is 16.7 Å². The van der Waals surface area contributed by atoms with Gasteiger partial charge in [0.1, 0.15) is 33.5 Å². The molecule has 93 heavy (non-hydrogen) atoms. The number of fused-ring (bicyclic) bond motifs is 9. The molecule has 0 aliphatic heterocycles. The van der Waals surface area contributed by atoms with Crippen LogP contribution in [0.4, 0.5) is 17.1 Å². The predicted octanol–water partition coefficient (Wildman–Crippen LogP) is 19.4. The second kappa shape index (κ2) is 22.8. The van der Waals surface area contributed by atoms with Crippen LogP contribution in [0.2, 0.25) is 0 Å². The molecule has 0 aliphatic carbocycles. The molecule has 6 aromatic heterocycles. The number of amides is 3. The van der Waals surface area contributed by atoms with E-state index in [0.717, 1.165) is 116 Å². The van der Waals surface area contributed by atoms with Crippen molar-refractivity contribution in [2.45, 2.75) is 0 Å². The van der Waals surface area contributed by atoms with Gasteiger partial charge in [-0.1, -0.05) is 164 Å². The van der Waals surface area contributed by atoms with E-state index >= 15 is 0 Å². The molecule has 0 saturated heterocycles. The molecule has 0 aliphatic rings. The normalized spacial score (nSPS) is 11.5. The summed E-state index contributed by atoms with van der Waals surface area (Å²) >= 11 is 0. The number of para-hydroxylation sites is 6. The third kappa shape index (κ3) is 9.99. The number of carbonyl (C=O) groups is 3. The molecule has 0 fully saturated rings. The Morgan fingerprint density at radius 3 is 0.839 bits per heavy atom. The highest BCUT2D eigenvalue weighted by atomic mass is 16.3. The van der Waals surface area contributed by atoms with E-state index in [1.54, 1.807) is 39.7 Å². The third-order valence-corrected chi connectivity index (χ3v) is 17.6. The fourth-order valence-corrected chi connectivity index (χ4v) is 12.7. The Balaban J connectivity index is 0.687. The largest absolute Gasteiger partial charge is 0.455 e. The van der Waals surface area contributed by atoms with Gasteiger partial charge in [-0.15, -0.1) is 0 Å². The van der Waals surface area contributed by atoms with Crippen LogP contribution in [0.1, 0.15) is 31.1 Å². The SMILES string of the molecule is CN(C(=O)c1cc(C(=O)N(C)c2ccc(-c3cccc(-c4cccc5c4oc4ccccc45)c3)nc2)cc(C(=O)N(C)c2ccc(-c3cccc(-c4cccc5c4oc4ccccc45)c3)nc2)c1)c1ccc(-c2cccc(-c3cccc4c3oc3ccccc34)c2)nc1. The summed E-state index contributed by atoms with van der Waals surface area (Å²) in [5.74, 6) is -1.39. The number of hydrogen-bond donors (Lipinski definition) is 0. The molecule has 0 radical (unpaired) electrons. The van der Waals surface area contributed by atoms with E-state index in [4.69, 9.17) is 28.2 Å². The Bertz CT molecular complexity index is 5090. The van der Waals surface area contributed by atoms with Gasteiger partial charge in [-0.2, -0.15) is 0 Å². The van der Waals surface area contributed by atoms with Crippen LogP contribution in [0.15, 0.2) is 287 Å². The van der Waals surface area contributed by atoms with E-state index in [0.29, 0.717) is 34.1 Å². The lowest BCUT2D eigenvalue weighted by atomic mass is 9.99. The quantitative estimate of drug-likeness (QED) is 0.117. The van der Waals surface area contributed by atoms with Crippen molar-refractivity contribution >= 4 is 101 Å². The molecule has 0 atom stereocenters. The van der Waals surface area contributed by atoms with Crippen LogP contribution in [0.3, 0.4) is 0 Å². The van der Waals surface area contributed by atoms with Crippen LogP contribution in [0.5, 0.6) is 0 Å². The van der Waals surface area contributed by atoms with Gasteiger partial charge in [0.05, 0.1) is 52.7 Å². The van der Waals surface area contributed by atoms with Gasteiger partial charge in [-0.05, 0) is 108 Å². The molecule has 0 unspecified atom stereocenters. The van der Waals surface area contributed by atoms with Crippen LogP contribution >= 0.6 is 0 Å². The lowest BCUT2D eigenvalue weighted by Crippen LogP contribution is -2.31. The van der Waals surface area contributed by atoms with Crippen molar-refractivity contribution in [1.82, 2.24) is 15.0 Å². The van der Waals surface area contributed by atoms with Crippen LogP contribution in [0.25, 0.3) is 133 Å². The first-order chi connectivity index (χ1) is 45.6. The minimum atomic E-state index is -0.464. The molecule has 0 N–H and O–H groups in total. The molecular formula is C81H54N6O6. The molecule has 12 heteroatoms. The highest BCUT2D eigenvalue weighted by Crippen LogP contribution is 2.41. The fourth-order valence-electron chi connectivity index (χ4n) is 12.7. The first-order valence-corrected chi connectivity index (χ1v) is 30.5. The predicted molar refractivity (Wildman–Crippen MR) is 372 cm³/mol. The molecule has 0 bridgehead atoms. The maximum absolute atomic E-state index is 14.9. The van der Waals surface area contributed by atoms with E-state index < -0.39 is 17.7 Å². The zero-order valence-corrected chi connectivity index (χ0v) is 50.6. The third-order valence-electron chi connectivity index (χ3n) is 17.6. The summed E-state index contributed by atoms with van der Waals surface area (Å²) in [5, 5.41) is 6.30. The number of pyridine rings is 3. The lowest BCUT2D eigenvalue weighted by Gasteiger charge is -2.22. The zero-order valence-electron chi connectivity index (χ0n) is 50.6. The number of carbonyl (C=O) groups excluding carboxylic acids is 3. The number of hydrogen-bond acceptors (Lipinski definition) is 9. The highest BCUT2D eigenvalue weighted by molar-refractivity contribution is 6.15. The van der Waals surface area contributed by atoms with Gasteiger partial charge in [-0.25, -0.2) is 0 Å². The summed E-state index contributed by atoms with van der Waals surface area (Å²) in [5.41, 5.74) is 17.3. The van der Waals surface area contributed by atoms with Crippen molar-refractivity contribution in [1.29, 1.82) is 0 Å². The summed E-state index contributed by atoms with van der Waals surface area (Å²) in [4.78, 5) is 63.6. The molecule has 16 rings (SSSR count). The van der Waals surface area contributed by atoms with Crippen LogP contribution in [0, 0.1) is 0 Å². The van der Waals surface area contributed by atoms with E-state index in [9.17, 15) is 14.4 Å². The van der Waals surface area contributed by atoms with E-state index in [1.807, 2.05) is 146 Å². The number of benzene rings is 10. The molecule has 10 aromatic carbocycles. The summed E-state index contributed by atoms with van der Waals surface area (Å²) in [6.07, 6.45) is 4.93. The van der Waals surface area contributed by atoms with Crippen molar-refractivity contribution in [3.63, 3.8) is 0 Å². The molecule has 0 spiro atoms. The summed E-state index contributed by atoms with van der Waals surface area (Å²) in [7, 11) is 4.94. The van der Waals surface area contributed by atoms with Crippen molar-refractivity contribution < 1.29 is 27.6 Å². The highest BCUT2D eigenvalue weighted by Gasteiger charge is 2.25. The minimum absolute atomic E-state index is 0.114. The van der Waals surface area contributed by atoms with Crippen molar-refractivity contribution in [2.75, 3.05) is 35.8 Å². The Morgan fingerprint density at radius 1 is 0.280 bits per heavy atom. The Kier molecular flexibility index (Phi) is 13.7. The van der Waals surface area contributed by atoms with E-state index in [1.165, 1.54) is 32.9 Å². The van der Waals surface area contributed by atoms with Crippen LogP contribution in [-0.4, -0.2) is 53.8 Å². The van der Waals surface area contributed by atoms with Gasteiger partial charge in [0.25, 0.3) is 17.7 Å². The van der Waals surface area contributed by atoms with E-state index in [2.05, 4.69) is 91.0 Å². The van der Waals surface area contributed by atoms with Gasteiger partial charge in [0, 0.05) is 104 Å². The molecule has 12 nitrogen and oxygen atoms in total. The molecule has 444 valence electrons. The number of furan rings is 3. The second-order valence-corrected chi connectivity index (χ2v) is 23.2. The monoisotopic (exact) mass is 1210 g/mol. The van der Waals surface area contributed by atoms with Crippen LogP contribution < -0.4 is 14.7 Å². The Labute approximate surface area is 533 Å². The maximum Gasteiger partial charge on any atom is 0.258 e. The van der Waals surface area contributed by atoms with Crippen LogP contribution in [-0.2, 0) is 0 Å². The average molecular weight is 1210 g/mol. The number of aromatic nitrogens is 3. The maximum atomic E-state index is 14.9. The molecular weight excluding hydrogens is 1150 g/mol. The summed E-state index contributed by atoms with van der Waals surface area (Å²) in [6, 6.07) is 82.7. The molecule has 0 saturated carbocycles. The number of rotatable bonds is 12. The van der Waals surface area contributed by atoms with Gasteiger partial charge in [0.2, 0.25) is 0 Å². The second-order valence-electron chi connectivity index (χ2n) is 23.2. The van der Waals surface area contributed by atoms with Gasteiger partial charge in [-0.3, -0.25) is 29.3 Å². The first kappa shape index (κ1) is 55.7. The van der Waals surface area contributed by atoms with Gasteiger partial charge >= 0.3 is 0 Å². The number of anilines is 3. The number of nitrogens with zero attached hydrogens (tertiary/aromatic N) is 6. The van der Waals surface area contributed by atoms with Gasteiger partial charge in [0.15, 0.2) is 0 Å². The van der Waals surface area contributed by atoms with Crippen molar-refractivity contribution in [3.8, 4) is 67.2 Å². The molecule has 16 aromatic rings. The topological polar surface area (TPSA) is 139 Å². The smallest absolute Gasteiger partial charge is 0.258 e. The summed E-state index contributed by atoms with van der Waals surface area (Å²) < 4.78 is 19.1. The first-order valence-electron chi connectivity index (χ1n) is 30.5. The zero-order chi connectivity index (χ0) is 62.8. The van der Waals surface area contributed by atoms with Crippen molar-refractivity contribution in [3.05, 3.63) is 290 Å². The average Bonchev–Trinajstić information content (AvgIpc) is 1.72. The molecule has 6 heterocycles. The molecule has 3 amide bonds. The Morgan fingerprint density at radius 2 is 0.548 bits per heavy atom. The van der Waals surface area contributed by atoms with Gasteiger partial charge < -0.3 is 28.0 Å². The fraction of sp³-hybridized carbons (Fsp3) is 0.0370. The van der Waals surface area contributed by atoms with Crippen molar-refractivity contribution in [2.24, 2.45) is 0 Å². The lowest BCUT2D eigenvalue weighted by molar-refractivity contribution is 0.0992.